The number of carbonyl (C=O) groups is 2. The molecule has 3 N–H and O–H groups in total. The molecule has 2 amide bonds. The summed E-state index contributed by atoms with van der Waals surface area (Å²) in [5, 5.41) is 16.6. The van der Waals surface area contributed by atoms with Crippen LogP contribution in [0.5, 0.6) is 11.5 Å². The summed E-state index contributed by atoms with van der Waals surface area (Å²) in [7, 11) is 0. The highest BCUT2D eigenvalue weighted by atomic mass is 35.5. The molecule has 6 rings (SSSR count). The van der Waals surface area contributed by atoms with Gasteiger partial charge in [0.05, 0.1) is 11.2 Å². The lowest BCUT2D eigenvalue weighted by Crippen LogP contribution is -2.43. The quantitative estimate of drug-likeness (QED) is 0.122. The smallest absolute Gasteiger partial charge is 0.271 e. The molecule has 8 nitrogen and oxygen atoms in total. The maximum atomic E-state index is 13.8. The van der Waals surface area contributed by atoms with Gasteiger partial charge in [0.25, 0.3) is 11.8 Å². The Morgan fingerprint density at radius 3 is 2.52 bits per heavy atom. The number of halogens is 1. The molecular formula is C35H33ClN4O4. The summed E-state index contributed by atoms with van der Waals surface area (Å²) in [5.41, 5.74) is 5.71. The Bertz CT molecular complexity index is 1840. The monoisotopic (exact) mass is 608 g/mol. The van der Waals surface area contributed by atoms with E-state index in [4.69, 9.17) is 16.3 Å². The van der Waals surface area contributed by atoms with Crippen molar-refractivity contribution < 1.29 is 19.4 Å². The third-order valence-electron chi connectivity index (χ3n) is 8.20. The van der Waals surface area contributed by atoms with E-state index >= 15 is 0 Å². The van der Waals surface area contributed by atoms with E-state index in [9.17, 15) is 14.7 Å². The van der Waals surface area contributed by atoms with Crippen LogP contribution in [0, 0.1) is 0 Å². The number of carbonyl (C=O) groups excluding carboxylic acids is 2. The second-order valence-corrected chi connectivity index (χ2v) is 11.4. The molecule has 0 unspecified atom stereocenters. The summed E-state index contributed by atoms with van der Waals surface area (Å²) in [6.07, 6.45) is 9.02. The number of nitrogens with zero attached hydrogens (tertiary/aromatic N) is 2. The largest absolute Gasteiger partial charge is 0.506 e. The lowest BCUT2D eigenvalue weighted by atomic mass is 9.93. The number of amides is 2. The van der Waals surface area contributed by atoms with Gasteiger partial charge in [0.15, 0.2) is 6.61 Å². The molecule has 1 aliphatic carbocycles. The van der Waals surface area contributed by atoms with E-state index in [2.05, 4.69) is 21.6 Å². The molecule has 9 heteroatoms. The number of hydrogen-bond donors (Lipinski definition) is 3. The molecule has 4 aromatic carbocycles. The Morgan fingerprint density at radius 2 is 1.73 bits per heavy atom. The number of para-hydroxylation sites is 1. The van der Waals surface area contributed by atoms with Gasteiger partial charge in [-0.25, -0.2) is 5.43 Å². The third kappa shape index (κ3) is 6.40. The molecule has 44 heavy (non-hydrogen) atoms. The topological polar surface area (TPSA) is 107 Å². The molecule has 1 aliphatic rings. The van der Waals surface area contributed by atoms with Crippen LogP contribution in [0.1, 0.15) is 53.6 Å². The minimum Gasteiger partial charge on any atom is -0.506 e. The van der Waals surface area contributed by atoms with Crippen LogP contribution in [0.25, 0.3) is 21.7 Å². The molecular weight excluding hydrogens is 576 g/mol. The number of hydrazone groups is 1. The second-order valence-electron chi connectivity index (χ2n) is 11.0. The first-order chi connectivity index (χ1) is 21.5. The molecule has 0 spiro atoms. The van der Waals surface area contributed by atoms with Crippen LogP contribution < -0.4 is 10.2 Å². The number of nitrogens with one attached hydrogen (secondary N) is 2. The number of aromatic hydroxyl groups is 1. The number of fused-ring (bicyclic) bond motifs is 2. The van der Waals surface area contributed by atoms with E-state index in [-0.39, 0.29) is 34.9 Å². The van der Waals surface area contributed by atoms with Gasteiger partial charge in [0.2, 0.25) is 0 Å². The molecule has 1 aromatic heterocycles. The van der Waals surface area contributed by atoms with Gasteiger partial charge in [-0.05, 0) is 60.2 Å². The molecule has 224 valence electrons. The van der Waals surface area contributed by atoms with Gasteiger partial charge < -0.3 is 19.7 Å². The highest BCUT2D eigenvalue weighted by Gasteiger charge is 2.27. The van der Waals surface area contributed by atoms with Crippen molar-refractivity contribution in [3.05, 3.63) is 107 Å². The first-order valence-electron chi connectivity index (χ1n) is 14.8. The van der Waals surface area contributed by atoms with Gasteiger partial charge in [-0.2, -0.15) is 5.10 Å². The average Bonchev–Trinajstić information content (AvgIpc) is 3.47. The third-order valence-corrected chi connectivity index (χ3v) is 8.50. The van der Waals surface area contributed by atoms with E-state index < -0.39 is 5.91 Å². The Kier molecular flexibility index (Phi) is 8.79. The van der Waals surface area contributed by atoms with Gasteiger partial charge >= 0.3 is 0 Å². The van der Waals surface area contributed by atoms with Crippen LogP contribution in [-0.2, 0) is 11.3 Å². The number of aromatic nitrogens is 1. The minimum absolute atomic E-state index is 0.0334. The molecule has 1 saturated carbocycles. The van der Waals surface area contributed by atoms with E-state index in [1.165, 1.54) is 24.6 Å². The maximum absolute atomic E-state index is 13.8. The molecule has 0 radical (unpaired) electrons. The summed E-state index contributed by atoms with van der Waals surface area (Å²) >= 11 is 5.92. The van der Waals surface area contributed by atoms with Gasteiger partial charge in [0, 0.05) is 46.2 Å². The van der Waals surface area contributed by atoms with Crippen molar-refractivity contribution in [2.24, 2.45) is 5.10 Å². The molecule has 0 atom stereocenters. The molecule has 0 bridgehead atoms. The van der Waals surface area contributed by atoms with Crippen molar-refractivity contribution in [3.63, 3.8) is 0 Å². The molecule has 1 heterocycles. The summed E-state index contributed by atoms with van der Waals surface area (Å²) in [6.45, 7) is 0.469. The zero-order valence-electron chi connectivity index (χ0n) is 24.1. The maximum Gasteiger partial charge on any atom is 0.271 e. The summed E-state index contributed by atoms with van der Waals surface area (Å²) < 4.78 is 6.19. The number of ether oxygens (including phenoxy) is 1. The molecule has 1 fully saturated rings. The average molecular weight is 609 g/mol. The van der Waals surface area contributed by atoms with Crippen molar-refractivity contribution >= 4 is 51.3 Å². The van der Waals surface area contributed by atoms with Crippen LogP contribution in [0.2, 0.25) is 5.02 Å². The van der Waals surface area contributed by atoms with Crippen LogP contribution >= 0.6 is 11.6 Å². The van der Waals surface area contributed by atoms with Gasteiger partial charge in [-0.3, -0.25) is 9.59 Å². The van der Waals surface area contributed by atoms with E-state index in [0.717, 1.165) is 58.5 Å². The Morgan fingerprint density at radius 1 is 0.977 bits per heavy atom. The molecule has 5 aromatic rings. The molecule has 0 saturated heterocycles. The van der Waals surface area contributed by atoms with Crippen molar-refractivity contribution in [3.8, 4) is 11.5 Å². The molecule has 0 aliphatic heterocycles. The van der Waals surface area contributed by atoms with E-state index in [1.807, 2.05) is 65.7 Å². The SMILES string of the molecule is O=C(NN=Cc1ccc(OCC(=O)N(Cc2c[nH]c3ccccc23)C2CCCCC2)c2ccccc12)c1ccc(O)c(Cl)c1. The van der Waals surface area contributed by atoms with E-state index in [0.29, 0.717) is 12.3 Å². The number of phenols is 1. The fourth-order valence-electron chi connectivity index (χ4n) is 5.89. The predicted octanol–water partition coefficient (Wildman–Crippen LogP) is 7.18. The van der Waals surface area contributed by atoms with E-state index in [1.54, 1.807) is 6.21 Å². The van der Waals surface area contributed by atoms with Gasteiger partial charge in [-0.15, -0.1) is 0 Å². The summed E-state index contributed by atoms with van der Waals surface area (Å²) in [6, 6.07) is 23.9. The lowest BCUT2D eigenvalue weighted by molar-refractivity contribution is -0.137. The Labute approximate surface area is 260 Å². The van der Waals surface area contributed by atoms with Gasteiger partial charge in [0.1, 0.15) is 11.5 Å². The summed E-state index contributed by atoms with van der Waals surface area (Å²) in [4.78, 5) is 31.6. The first-order valence-corrected chi connectivity index (χ1v) is 15.2. The van der Waals surface area contributed by atoms with Crippen molar-refractivity contribution in [1.29, 1.82) is 0 Å². The normalized spacial score (nSPS) is 13.8. The highest BCUT2D eigenvalue weighted by molar-refractivity contribution is 6.32. The Balaban J connectivity index is 1.17. The van der Waals surface area contributed by atoms with Crippen LogP contribution in [0.4, 0.5) is 0 Å². The van der Waals surface area contributed by atoms with Crippen LogP contribution in [0.15, 0.2) is 90.2 Å². The van der Waals surface area contributed by atoms with Crippen molar-refractivity contribution in [2.45, 2.75) is 44.7 Å². The fraction of sp³-hybridized carbons (Fsp3) is 0.229. The fourth-order valence-corrected chi connectivity index (χ4v) is 6.07. The van der Waals surface area contributed by atoms with Crippen LogP contribution in [-0.4, -0.2) is 45.7 Å². The summed E-state index contributed by atoms with van der Waals surface area (Å²) in [5.74, 6) is 0.0118. The number of H-pyrrole nitrogens is 1. The zero-order valence-corrected chi connectivity index (χ0v) is 24.9. The zero-order chi connectivity index (χ0) is 30.5. The number of phenolic OH excluding ortho intramolecular Hbond substituents is 1. The Hall–Kier alpha value is -4.82. The minimum atomic E-state index is -0.457. The highest BCUT2D eigenvalue weighted by Crippen LogP contribution is 2.30. The van der Waals surface area contributed by atoms with Gasteiger partial charge in [-0.1, -0.05) is 73.3 Å². The van der Waals surface area contributed by atoms with Crippen molar-refractivity contribution in [1.82, 2.24) is 15.3 Å². The lowest BCUT2D eigenvalue weighted by Gasteiger charge is -2.34. The number of benzene rings is 4. The predicted molar refractivity (Wildman–Crippen MR) is 173 cm³/mol. The van der Waals surface area contributed by atoms with Crippen molar-refractivity contribution in [2.75, 3.05) is 6.61 Å². The van der Waals surface area contributed by atoms with Crippen LogP contribution in [0.3, 0.4) is 0 Å². The second kappa shape index (κ2) is 13.2. The first kappa shape index (κ1) is 29.3. The number of hydrogen-bond acceptors (Lipinski definition) is 5. The number of rotatable bonds is 9. The number of aromatic amines is 1. The standard InChI is InChI=1S/C35H33ClN4O4/c36-30-18-23(14-16-32(30)41)35(43)39-38-20-24-15-17-33(29-12-5-4-10-27(24)29)44-22-34(42)40(26-8-2-1-3-9-26)21-25-19-37-31-13-7-6-11-28(25)31/h4-7,10-20,26,37,41H,1-3,8-9,21-22H2,(H,39,43).